The van der Waals surface area contributed by atoms with Gasteiger partial charge in [0.15, 0.2) is 0 Å². The van der Waals surface area contributed by atoms with Crippen molar-refractivity contribution in [2.24, 2.45) is 0 Å². The highest BCUT2D eigenvalue weighted by molar-refractivity contribution is 8.00. The highest BCUT2D eigenvalue weighted by Gasteiger charge is 2.32. The van der Waals surface area contributed by atoms with E-state index in [-0.39, 0.29) is 29.9 Å². The SMILES string of the molecule is C=CC=C.O=C(O)c1ccc(-c2ccccc2)cc1.O=C(OC[C@@H]1SCCC1OC(=O)c1ccc(-c2ccccc2)cc1)c1ccc(-c2ccccc2)cc1. The molecule has 6 aromatic carbocycles. The first-order valence-corrected chi connectivity index (χ1v) is 18.8. The summed E-state index contributed by atoms with van der Waals surface area (Å²) in [6.45, 7) is 6.93. The van der Waals surface area contributed by atoms with Crippen molar-refractivity contribution in [2.45, 2.75) is 17.8 Å². The lowest BCUT2D eigenvalue weighted by molar-refractivity contribution is 0.0220. The van der Waals surface area contributed by atoms with Gasteiger partial charge in [0, 0.05) is 0 Å². The van der Waals surface area contributed by atoms with Gasteiger partial charge < -0.3 is 14.6 Å². The Hall–Kier alpha value is -6.44. The van der Waals surface area contributed by atoms with Gasteiger partial charge in [-0.15, -0.1) is 0 Å². The zero-order valence-electron chi connectivity index (χ0n) is 30.3. The zero-order chi connectivity index (χ0) is 38.8. The molecule has 0 aliphatic carbocycles. The third-order valence-corrected chi connectivity index (χ3v) is 9.99. The minimum atomic E-state index is -0.894. The van der Waals surface area contributed by atoms with Gasteiger partial charge in [0.2, 0.25) is 0 Å². The third kappa shape index (κ3) is 11.8. The lowest BCUT2D eigenvalue weighted by atomic mass is 10.0. The lowest BCUT2D eigenvalue weighted by Crippen LogP contribution is -2.29. The largest absolute Gasteiger partial charge is 0.478 e. The quantitative estimate of drug-likeness (QED) is 0.110. The lowest BCUT2D eigenvalue weighted by Gasteiger charge is -2.19. The fourth-order valence-electron chi connectivity index (χ4n) is 5.66. The standard InChI is InChI=1S/C31H26O4S.C13H10O2.C4H6/c32-30(26-15-11-24(12-16-26)22-7-3-1-4-8-22)34-21-29-28(19-20-36-29)35-31(33)27-17-13-25(14-18-27)23-9-5-2-6-10-23;14-13(15)12-8-6-11(7-9-12)10-4-2-1-3-5-10;1-3-4-2/h1-18,28-29H,19-21H2;1-9H,(H,14,15);3-4H,1-2H2/t28?,29-;;/m0../s1. The first-order valence-electron chi connectivity index (χ1n) is 17.8. The molecule has 1 aliphatic heterocycles. The summed E-state index contributed by atoms with van der Waals surface area (Å²) in [4.78, 5) is 36.0. The van der Waals surface area contributed by atoms with E-state index in [1.54, 1.807) is 60.3 Å². The molecule has 1 heterocycles. The number of rotatable bonds is 10. The van der Waals surface area contributed by atoms with E-state index < -0.39 is 5.97 Å². The Morgan fingerprint density at radius 3 is 1.29 bits per heavy atom. The predicted molar refractivity (Wildman–Crippen MR) is 223 cm³/mol. The molecule has 1 fully saturated rings. The van der Waals surface area contributed by atoms with Crippen molar-refractivity contribution >= 4 is 29.7 Å². The van der Waals surface area contributed by atoms with E-state index in [9.17, 15) is 14.4 Å². The van der Waals surface area contributed by atoms with Gasteiger partial charge in [-0.2, -0.15) is 11.8 Å². The van der Waals surface area contributed by atoms with E-state index in [4.69, 9.17) is 14.6 Å². The number of carboxylic acids is 1. The number of hydrogen-bond acceptors (Lipinski definition) is 6. The van der Waals surface area contributed by atoms with Crippen LogP contribution in [-0.4, -0.2) is 46.7 Å². The fraction of sp³-hybridized carbons (Fsp3) is 0.104. The molecule has 0 saturated carbocycles. The average molecular weight is 747 g/mol. The van der Waals surface area contributed by atoms with Gasteiger partial charge in [0.05, 0.1) is 21.9 Å². The van der Waals surface area contributed by atoms with Crippen molar-refractivity contribution < 1.29 is 29.0 Å². The summed E-state index contributed by atoms with van der Waals surface area (Å²) >= 11 is 1.67. The molecule has 0 bridgehead atoms. The van der Waals surface area contributed by atoms with Crippen molar-refractivity contribution in [1.29, 1.82) is 0 Å². The molecule has 6 nitrogen and oxygen atoms in total. The number of allylic oxidation sites excluding steroid dienone is 2. The van der Waals surface area contributed by atoms with Gasteiger partial charge in [-0.3, -0.25) is 0 Å². The van der Waals surface area contributed by atoms with Crippen LogP contribution in [-0.2, 0) is 9.47 Å². The van der Waals surface area contributed by atoms with E-state index >= 15 is 0 Å². The molecule has 7 rings (SSSR count). The van der Waals surface area contributed by atoms with E-state index in [0.29, 0.717) is 16.7 Å². The van der Waals surface area contributed by atoms with Gasteiger partial charge in [-0.05, 0) is 82.0 Å². The molecule has 0 amide bonds. The van der Waals surface area contributed by atoms with Gasteiger partial charge in [0.1, 0.15) is 12.7 Å². The zero-order valence-corrected chi connectivity index (χ0v) is 31.1. The van der Waals surface area contributed by atoms with Gasteiger partial charge in [-0.25, -0.2) is 14.4 Å². The second kappa shape index (κ2) is 20.7. The van der Waals surface area contributed by atoms with Crippen LogP contribution in [0.15, 0.2) is 189 Å². The number of esters is 2. The second-order valence-electron chi connectivity index (χ2n) is 12.3. The van der Waals surface area contributed by atoms with Crippen molar-refractivity contribution in [3.8, 4) is 33.4 Å². The molecule has 1 unspecified atom stereocenters. The number of hydrogen-bond donors (Lipinski definition) is 1. The fourth-order valence-corrected chi connectivity index (χ4v) is 6.90. The van der Waals surface area contributed by atoms with E-state index in [1.807, 2.05) is 127 Å². The molecule has 2 atom stereocenters. The van der Waals surface area contributed by atoms with Gasteiger partial charge >= 0.3 is 17.9 Å². The molecule has 6 aromatic rings. The molecule has 0 radical (unpaired) electrons. The first-order chi connectivity index (χ1) is 26.9. The molecule has 276 valence electrons. The summed E-state index contributed by atoms with van der Waals surface area (Å²) in [7, 11) is 0. The Morgan fingerprint density at radius 2 is 0.909 bits per heavy atom. The number of carboxylic acid groups (broad SMARTS) is 1. The van der Waals surface area contributed by atoms with Crippen LogP contribution in [0.1, 0.15) is 37.5 Å². The monoisotopic (exact) mass is 746 g/mol. The van der Waals surface area contributed by atoms with Crippen LogP contribution in [0.5, 0.6) is 0 Å². The molecule has 1 aliphatic rings. The minimum absolute atomic E-state index is 0.0786. The van der Waals surface area contributed by atoms with Crippen LogP contribution in [0, 0.1) is 0 Å². The topological polar surface area (TPSA) is 89.9 Å². The van der Waals surface area contributed by atoms with Crippen LogP contribution in [0.4, 0.5) is 0 Å². The summed E-state index contributed by atoms with van der Waals surface area (Å²) in [5.41, 5.74) is 7.74. The molecule has 7 heteroatoms. The van der Waals surface area contributed by atoms with Crippen LogP contribution >= 0.6 is 11.8 Å². The maximum Gasteiger partial charge on any atom is 0.338 e. The average Bonchev–Trinajstić information content (AvgIpc) is 3.70. The first kappa shape index (κ1) is 39.8. The molecule has 55 heavy (non-hydrogen) atoms. The minimum Gasteiger partial charge on any atom is -0.478 e. The maximum atomic E-state index is 12.8. The predicted octanol–water partition coefficient (Wildman–Crippen LogP) is 11.3. The smallest absolute Gasteiger partial charge is 0.338 e. The van der Waals surface area contributed by atoms with Crippen LogP contribution in [0.3, 0.4) is 0 Å². The highest BCUT2D eigenvalue weighted by atomic mass is 32.2. The summed E-state index contributed by atoms with van der Waals surface area (Å²) in [5, 5.41) is 8.67. The summed E-state index contributed by atoms with van der Waals surface area (Å²) in [5.74, 6) is -0.757. The summed E-state index contributed by atoms with van der Waals surface area (Å²) in [6.07, 6.45) is 3.73. The van der Waals surface area contributed by atoms with E-state index in [1.165, 1.54) is 0 Å². The van der Waals surface area contributed by atoms with Crippen LogP contribution in [0.2, 0.25) is 0 Å². The molecule has 1 N–H and O–H groups in total. The molecule has 1 saturated heterocycles. The number of thioether (sulfide) groups is 1. The Kier molecular flexibility index (Phi) is 15.0. The molecular weight excluding hydrogens is 705 g/mol. The van der Waals surface area contributed by atoms with Crippen molar-refractivity contribution in [2.75, 3.05) is 12.4 Å². The van der Waals surface area contributed by atoms with Crippen molar-refractivity contribution in [3.05, 3.63) is 206 Å². The second-order valence-corrected chi connectivity index (χ2v) is 13.7. The van der Waals surface area contributed by atoms with Crippen molar-refractivity contribution in [3.63, 3.8) is 0 Å². The Labute approximate surface area is 326 Å². The van der Waals surface area contributed by atoms with E-state index in [0.717, 1.165) is 45.6 Å². The number of carbonyl (C=O) groups excluding carboxylic acids is 2. The van der Waals surface area contributed by atoms with Crippen LogP contribution in [0.25, 0.3) is 33.4 Å². The molecule has 0 aromatic heterocycles. The Bertz CT molecular complexity index is 2130. The normalized spacial score (nSPS) is 14.1. The van der Waals surface area contributed by atoms with Gasteiger partial charge in [-0.1, -0.05) is 153 Å². The van der Waals surface area contributed by atoms with Gasteiger partial charge in [0.25, 0.3) is 0 Å². The number of carbonyl (C=O) groups is 3. The Balaban J connectivity index is 0.000000252. The Morgan fingerprint density at radius 1 is 0.545 bits per heavy atom. The molecular formula is C48H42O6S. The summed E-state index contributed by atoms with van der Waals surface area (Å²) < 4.78 is 11.4. The highest BCUT2D eigenvalue weighted by Crippen LogP contribution is 2.31. The van der Waals surface area contributed by atoms with Crippen molar-refractivity contribution in [1.82, 2.24) is 0 Å². The summed E-state index contributed by atoms with van der Waals surface area (Å²) in [6, 6.07) is 51.6. The maximum absolute atomic E-state index is 12.8. The molecule has 0 spiro atoms. The van der Waals surface area contributed by atoms with Crippen LogP contribution < -0.4 is 0 Å². The number of ether oxygens (including phenoxy) is 2. The third-order valence-electron chi connectivity index (χ3n) is 8.65. The number of benzene rings is 6. The number of aromatic carboxylic acids is 1. The van der Waals surface area contributed by atoms with E-state index in [2.05, 4.69) is 13.2 Å².